The second-order valence-corrected chi connectivity index (χ2v) is 4.99. The van der Waals surface area contributed by atoms with E-state index in [4.69, 9.17) is 0 Å². The predicted octanol–water partition coefficient (Wildman–Crippen LogP) is 2.89. The summed E-state index contributed by atoms with van der Waals surface area (Å²) in [6.07, 6.45) is 3.61. The van der Waals surface area contributed by atoms with E-state index in [0.717, 1.165) is 5.65 Å². The molecule has 0 aliphatic carbocycles. The Labute approximate surface area is 131 Å². The maximum atomic E-state index is 13.4. The number of rotatable bonds is 3. The summed E-state index contributed by atoms with van der Waals surface area (Å²) in [6.45, 7) is 0. The van der Waals surface area contributed by atoms with Crippen molar-refractivity contribution in [2.75, 3.05) is 5.32 Å². The van der Waals surface area contributed by atoms with E-state index >= 15 is 0 Å². The molecule has 0 bridgehead atoms. The van der Waals surface area contributed by atoms with Crippen molar-refractivity contribution in [1.82, 2.24) is 14.8 Å². The molecular formula is C17H13FN5+. The van der Waals surface area contributed by atoms with Gasteiger partial charge in [0.25, 0.3) is 0 Å². The van der Waals surface area contributed by atoms with Crippen LogP contribution in [0.1, 0.15) is 0 Å². The van der Waals surface area contributed by atoms with E-state index in [1.54, 1.807) is 23.0 Å². The first-order valence-corrected chi connectivity index (χ1v) is 7.15. The van der Waals surface area contributed by atoms with Crippen LogP contribution in [0, 0.1) is 5.82 Å². The van der Waals surface area contributed by atoms with Crippen LogP contribution in [-0.2, 0) is 0 Å². The van der Waals surface area contributed by atoms with Crippen LogP contribution in [0.5, 0.6) is 0 Å². The molecule has 0 saturated carbocycles. The van der Waals surface area contributed by atoms with Gasteiger partial charge in [-0.3, -0.25) is 5.32 Å². The molecule has 0 atom stereocenters. The van der Waals surface area contributed by atoms with Crippen molar-refractivity contribution in [3.8, 4) is 5.82 Å². The Balaban J connectivity index is 1.85. The molecule has 1 aromatic carbocycles. The highest BCUT2D eigenvalue weighted by molar-refractivity contribution is 5.53. The Morgan fingerprint density at radius 3 is 2.74 bits per heavy atom. The molecule has 4 aromatic rings. The SMILES string of the molecule is Fc1cccc(Nc2nn(-c3ccccn3)c3cccc[n+]23)c1. The van der Waals surface area contributed by atoms with Gasteiger partial charge in [0.2, 0.25) is 11.5 Å². The van der Waals surface area contributed by atoms with Crippen molar-refractivity contribution in [3.63, 3.8) is 0 Å². The lowest BCUT2D eigenvalue weighted by molar-refractivity contribution is -0.496. The Bertz CT molecular complexity index is 965. The summed E-state index contributed by atoms with van der Waals surface area (Å²) in [7, 11) is 0. The van der Waals surface area contributed by atoms with E-state index in [0.29, 0.717) is 17.5 Å². The van der Waals surface area contributed by atoms with Gasteiger partial charge in [-0.15, -0.1) is 0 Å². The number of nitrogens with one attached hydrogen (secondary N) is 1. The molecule has 4 rings (SSSR count). The molecule has 0 amide bonds. The molecule has 5 nitrogen and oxygen atoms in total. The van der Waals surface area contributed by atoms with E-state index < -0.39 is 0 Å². The number of halogens is 1. The number of hydrogen-bond acceptors (Lipinski definition) is 3. The molecule has 1 N–H and O–H groups in total. The lowest BCUT2D eigenvalue weighted by atomic mass is 10.3. The molecule has 112 valence electrons. The fourth-order valence-corrected chi connectivity index (χ4v) is 2.41. The van der Waals surface area contributed by atoms with E-state index in [2.05, 4.69) is 15.4 Å². The van der Waals surface area contributed by atoms with Crippen molar-refractivity contribution < 1.29 is 8.79 Å². The van der Waals surface area contributed by atoms with Crippen LogP contribution in [0.25, 0.3) is 11.5 Å². The molecular weight excluding hydrogens is 293 g/mol. The van der Waals surface area contributed by atoms with Gasteiger partial charge in [0.1, 0.15) is 5.82 Å². The van der Waals surface area contributed by atoms with Crippen molar-refractivity contribution >= 4 is 17.3 Å². The molecule has 6 heteroatoms. The third-order valence-electron chi connectivity index (χ3n) is 3.43. The number of pyridine rings is 2. The maximum absolute atomic E-state index is 13.4. The van der Waals surface area contributed by atoms with Crippen molar-refractivity contribution in [2.45, 2.75) is 0 Å². The van der Waals surface area contributed by atoms with Gasteiger partial charge in [0.05, 0.1) is 11.9 Å². The third-order valence-corrected chi connectivity index (χ3v) is 3.43. The summed E-state index contributed by atoms with van der Waals surface area (Å²) in [4.78, 5) is 4.33. The number of hydrogen-bond donors (Lipinski definition) is 1. The number of aromatic nitrogens is 4. The van der Waals surface area contributed by atoms with Gasteiger partial charge >= 0.3 is 5.95 Å². The van der Waals surface area contributed by atoms with Crippen molar-refractivity contribution in [1.29, 1.82) is 0 Å². The number of nitrogens with zero attached hydrogens (tertiary/aromatic N) is 4. The minimum absolute atomic E-state index is 0.298. The van der Waals surface area contributed by atoms with Crippen LogP contribution in [0.3, 0.4) is 0 Å². The molecule has 0 spiro atoms. The van der Waals surface area contributed by atoms with Gasteiger partial charge in [0, 0.05) is 23.4 Å². The first-order valence-electron chi connectivity index (χ1n) is 7.15. The molecule has 3 aromatic heterocycles. The summed E-state index contributed by atoms with van der Waals surface area (Å²) in [5.74, 6) is 0.994. The van der Waals surface area contributed by atoms with E-state index in [1.165, 1.54) is 12.1 Å². The molecule has 3 heterocycles. The van der Waals surface area contributed by atoms with Gasteiger partial charge < -0.3 is 0 Å². The predicted molar refractivity (Wildman–Crippen MR) is 84.2 cm³/mol. The molecule has 0 aliphatic heterocycles. The zero-order valence-corrected chi connectivity index (χ0v) is 12.1. The van der Waals surface area contributed by atoms with Crippen LogP contribution in [0.2, 0.25) is 0 Å². The van der Waals surface area contributed by atoms with Crippen molar-refractivity contribution in [2.24, 2.45) is 0 Å². The molecule has 23 heavy (non-hydrogen) atoms. The second kappa shape index (κ2) is 5.49. The highest BCUT2D eigenvalue weighted by atomic mass is 19.1. The van der Waals surface area contributed by atoms with E-state index in [9.17, 15) is 4.39 Å². The van der Waals surface area contributed by atoms with E-state index in [1.807, 2.05) is 47.0 Å². The first kappa shape index (κ1) is 13.4. The Kier molecular flexibility index (Phi) is 3.20. The van der Waals surface area contributed by atoms with Gasteiger partial charge in [-0.1, -0.05) is 22.9 Å². The van der Waals surface area contributed by atoms with E-state index in [-0.39, 0.29) is 5.82 Å². The van der Waals surface area contributed by atoms with Crippen molar-refractivity contribution in [3.05, 3.63) is 78.9 Å². The van der Waals surface area contributed by atoms with Crippen LogP contribution in [0.4, 0.5) is 16.0 Å². The maximum Gasteiger partial charge on any atom is 0.387 e. The van der Waals surface area contributed by atoms with Crippen LogP contribution >= 0.6 is 0 Å². The second-order valence-electron chi connectivity index (χ2n) is 4.99. The zero-order chi connectivity index (χ0) is 15.6. The zero-order valence-electron chi connectivity index (χ0n) is 12.1. The van der Waals surface area contributed by atoms with Gasteiger partial charge in [-0.2, -0.15) is 4.40 Å². The molecule has 0 saturated heterocycles. The van der Waals surface area contributed by atoms with Crippen LogP contribution in [-0.4, -0.2) is 14.8 Å². The molecule has 0 fully saturated rings. The summed E-state index contributed by atoms with van der Waals surface area (Å²) in [6, 6.07) is 17.7. The molecule has 0 aliphatic rings. The molecule has 0 unspecified atom stereocenters. The fourth-order valence-electron chi connectivity index (χ4n) is 2.41. The average Bonchev–Trinajstić information content (AvgIpc) is 2.95. The van der Waals surface area contributed by atoms with Gasteiger partial charge in [-0.25, -0.2) is 9.37 Å². The quantitative estimate of drug-likeness (QED) is 0.592. The Morgan fingerprint density at radius 2 is 1.91 bits per heavy atom. The Hall–Kier alpha value is -3.28. The lowest BCUT2D eigenvalue weighted by Crippen LogP contribution is -2.22. The van der Waals surface area contributed by atoms with Crippen LogP contribution in [0.15, 0.2) is 73.1 Å². The van der Waals surface area contributed by atoms with Crippen LogP contribution < -0.4 is 9.72 Å². The fraction of sp³-hybridized carbons (Fsp3) is 0. The first-order chi connectivity index (χ1) is 11.3. The minimum atomic E-state index is -0.298. The standard InChI is InChI=1S/C17H13FN5/c18-13-6-5-7-14(12-13)20-17-21-23(15-8-1-3-10-19-15)16-9-2-4-11-22(16)17/h1-12H,(H,20,21)/q+1. The van der Waals surface area contributed by atoms with Gasteiger partial charge in [-0.05, 0) is 30.3 Å². The number of anilines is 2. The van der Waals surface area contributed by atoms with Gasteiger partial charge in [0.15, 0.2) is 0 Å². The minimum Gasteiger partial charge on any atom is -0.260 e. The average molecular weight is 306 g/mol. The summed E-state index contributed by atoms with van der Waals surface area (Å²) < 4.78 is 17.0. The highest BCUT2D eigenvalue weighted by Crippen LogP contribution is 2.15. The number of fused-ring (bicyclic) bond motifs is 1. The number of benzene rings is 1. The monoisotopic (exact) mass is 306 g/mol. The lowest BCUT2D eigenvalue weighted by Gasteiger charge is -1.97. The third kappa shape index (κ3) is 2.50. The normalized spacial score (nSPS) is 10.8. The largest absolute Gasteiger partial charge is 0.387 e. The topological polar surface area (TPSA) is 46.8 Å². The summed E-state index contributed by atoms with van der Waals surface area (Å²) in [5, 5.41) is 7.71. The smallest absolute Gasteiger partial charge is 0.260 e. The molecule has 0 radical (unpaired) electrons. The summed E-state index contributed by atoms with van der Waals surface area (Å²) in [5.41, 5.74) is 1.49. The highest BCUT2D eigenvalue weighted by Gasteiger charge is 2.20. The summed E-state index contributed by atoms with van der Waals surface area (Å²) >= 11 is 0. The Morgan fingerprint density at radius 1 is 1.00 bits per heavy atom.